The fourth-order valence-corrected chi connectivity index (χ4v) is 3.95. The van der Waals surface area contributed by atoms with Gasteiger partial charge in [-0.05, 0) is 42.2 Å². The van der Waals surface area contributed by atoms with Gasteiger partial charge in [-0.3, -0.25) is 20.5 Å². The zero-order chi connectivity index (χ0) is 19.5. The third-order valence-corrected chi connectivity index (χ3v) is 5.55. The first kappa shape index (κ1) is 18.7. The molecule has 7 heteroatoms. The van der Waals surface area contributed by atoms with Gasteiger partial charge in [0.1, 0.15) is 17.6 Å². The fraction of sp³-hybridized carbons (Fsp3) is 0.429. The topological polar surface area (TPSA) is 78.5 Å². The van der Waals surface area contributed by atoms with Crippen LogP contribution in [-0.2, 0) is 11.2 Å². The van der Waals surface area contributed by atoms with Crippen molar-refractivity contribution in [2.45, 2.75) is 31.7 Å². The lowest BCUT2D eigenvalue weighted by Crippen LogP contribution is -2.34. The average molecular weight is 381 g/mol. The lowest BCUT2D eigenvalue weighted by atomic mass is 9.95. The number of aryl methyl sites for hydroxylation is 1. The molecule has 0 bridgehead atoms. The quantitative estimate of drug-likeness (QED) is 0.711. The molecule has 0 saturated carbocycles. The fourth-order valence-electron chi connectivity index (χ4n) is 3.95. The number of nitrogens with one attached hydrogen (secondary N) is 3. The molecule has 0 radical (unpaired) electrons. The molecule has 7 nitrogen and oxygen atoms in total. The van der Waals surface area contributed by atoms with E-state index in [1.54, 1.807) is 12.0 Å². The van der Waals surface area contributed by atoms with Gasteiger partial charge in [0.15, 0.2) is 0 Å². The number of pyridine rings is 1. The molecule has 2 saturated heterocycles. The molecule has 1 aromatic carbocycles. The van der Waals surface area contributed by atoms with Crippen LogP contribution in [0.3, 0.4) is 0 Å². The van der Waals surface area contributed by atoms with E-state index in [4.69, 9.17) is 4.74 Å². The third kappa shape index (κ3) is 3.68. The van der Waals surface area contributed by atoms with E-state index >= 15 is 0 Å². The molecule has 2 aromatic rings. The largest absolute Gasteiger partial charge is 0.497 e. The summed E-state index contributed by atoms with van der Waals surface area (Å²) < 4.78 is 5.26. The number of amides is 1. The Bertz CT molecular complexity index is 850. The van der Waals surface area contributed by atoms with Crippen LogP contribution >= 0.6 is 0 Å². The highest BCUT2D eigenvalue weighted by Crippen LogP contribution is 2.28. The van der Waals surface area contributed by atoms with E-state index < -0.39 is 0 Å². The SMILES string of the molecule is CCc1cc(N2CCC(Nc3cccc(OC)c3)C2=O)ncc1C1CNNC1. The van der Waals surface area contributed by atoms with Crippen LogP contribution in [-0.4, -0.2) is 43.7 Å². The van der Waals surface area contributed by atoms with Gasteiger partial charge >= 0.3 is 0 Å². The Balaban J connectivity index is 1.49. The Kier molecular flexibility index (Phi) is 5.45. The van der Waals surface area contributed by atoms with E-state index in [-0.39, 0.29) is 11.9 Å². The molecular formula is C21H27N5O2. The van der Waals surface area contributed by atoms with Crippen LogP contribution in [0.2, 0.25) is 0 Å². The summed E-state index contributed by atoms with van der Waals surface area (Å²) in [5, 5.41) is 3.33. The predicted octanol–water partition coefficient (Wildman–Crippen LogP) is 2.06. The first-order chi connectivity index (χ1) is 13.7. The standard InChI is InChI=1S/C21H27N5O2/c1-3-14-9-20(22-13-18(14)15-11-23-24-12-15)26-8-7-19(21(26)27)25-16-5-4-6-17(10-16)28-2/h4-6,9-10,13,15,19,23-25H,3,7-8,11-12H2,1-2H3. The van der Waals surface area contributed by atoms with E-state index in [1.165, 1.54) is 11.1 Å². The zero-order valence-corrected chi connectivity index (χ0v) is 16.4. The maximum atomic E-state index is 13.0. The summed E-state index contributed by atoms with van der Waals surface area (Å²) in [5.41, 5.74) is 9.77. The number of hydrogen-bond acceptors (Lipinski definition) is 6. The molecule has 1 amide bonds. The second kappa shape index (κ2) is 8.16. The summed E-state index contributed by atoms with van der Waals surface area (Å²) in [6, 6.07) is 9.49. The number of anilines is 2. The van der Waals surface area contributed by atoms with E-state index in [9.17, 15) is 4.79 Å². The van der Waals surface area contributed by atoms with Gasteiger partial charge in [0.05, 0.1) is 7.11 Å². The number of hydrazine groups is 1. The van der Waals surface area contributed by atoms with Crippen molar-refractivity contribution in [1.29, 1.82) is 0 Å². The van der Waals surface area contributed by atoms with Crippen molar-refractivity contribution in [3.63, 3.8) is 0 Å². The van der Waals surface area contributed by atoms with Gasteiger partial charge in [-0.25, -0.2) is 4.98 Å². The van der Waals surface area contributed by atoms with Gasteiger partial charge in [0.25, 0.3) is 5.91 Å². The molecule has 28 heavy (non-hydrogen) atoms. The van der Waals surface area contributed by atoms with Crippen molar-refractivity contribution < 1.29 is 9.53 Å². The lowest BCUT2D eigenvalue weighted by molar-refractivity contribution is -0.117. The van der Waals surface area contributed by atoms with Crippen molar-refractivity contribution in [3.05, 3.63) is 47.7 Å². The second-order valence-electron chi connectivity index (χ2n) is 7.26. The summed E-state index contributed by atoms with van der Waals surface area (Å²) >= 11 is 0. The Morgan fingerprint density at radius 3 is 2.86 bits per heavy atom. The highest BCUT2D eigenvalue weighted by molar-refractivity contribution is 6.00. The molecule has 0 spiro atoms. The van der Waals surface area contributed by atoms with Crippen molar-refractivity contribution >= 4 is 17.4 Å². The first-order valence-corrected chi connectivity index (χ1v) is 9.86. The third-order valence-electron chi connectivity index (χ3n) is 5.55. The Labute approximate surface area is 165 Å². The first-order valence-electron chi connectivity index (χ1n) is 9.86. The maximum Gasteiger partial charge on any atom is 0.250 e. The van der Waals surface area contributed by atoms with E-state index in [0.29, 0.717) is 12.5 Å². The van der Waals surface area contributed by atoms with Gasteiger partial charge in [-0.15, -0.1) is 0 Å². The van der Waals surface area contributed by atoms with Gasteiger partial charge in [-0.1, -0.05) is 13.0 Å². The molecule has 1 unspecified atom stereocenters. The van der Waals surface area contributed by atoms with Crippen LogP contribution in [0.25, 0.3) is 0 Å². The smallest absolute Gasteiger partial charge is 0.250 e. The molecule has 3 heterocycles. The molecule has 148 valence electrons. The monoisotopic (exact) mass is 381 g/mol. The molecule has 2 aliphatic heterocycles. The summed E-state index contributed by atoms with van der Waals surface area (Å²) in [6.07, 6.45) is 3.62. The number of methoxy groups -OCH3 is 1. The van der Waals surface area contributed by atoms with Crippen LogP contribution < -0.4 is 25.8 Å². The number of ether oxygens (including phenoxy) is 1. The number of benzene rings is 1. The van der Waals surface area contributed by atoms with E-state index in [1.807, 2.05) is 30.5 Å². The zero-order valence-electron chi connectivity index (χ0n) is 16.4. The highest BCUT2D eigenvalue weighted by Gasteiger charge is 2.33. The van der Waals surface area contributed by atoms with Crippen LogP contribution in [0.4, 0.5) is 11.5 Å². The molecule has 4 rings (SSSR count). The number of carbonyl (C=O) groups is 1. The van der Waals surface area contributed by atoms with Gasteiger partial charge in [-0.2, -0.15) is 0 Å². The van der Waals surface area contributed by atoms with Crippen molar-refractivity contribution in [1.82, 2.24) is 15.8 Å². The van der Waals surface area contributed by atoms with Crippen LogP contribution in [0.5, 0.6) is 5.75 Å². The van der Waals surface area contributed by atoms with E-state index in [0.717, 1.165) is 43.2 Å². The van der Waals surface area contributed by atoms with Gasteiger partial charge < -0.3 is 10.1 Å². The molecule has 2 fully saturated rings. The summed E-state index contributed by atoms with van der Waals surface area (Å²) in [5.74, 6) is 2.01. The average Bonchev–Trinajstić information content (AvgIpc) is 3.38. The number of aromatic nitrogens is 1. The summed E-state index contributed by atoms with van der Waals surface area (Å²) in [7, 11) is 1.64. The molecule has 2 aliphatic rings. The second-order valence-corrected chi connectivity index (χ2v) is 7.26. The molecule has 0 aliphatic carbocycles. The maximum absolute atomic E-state index is 13.0. The Morgan fingerprint density at radius 1 is 1.29 bits per heavy atom. The van der Waals surface area contributed by atoms with Gasteiger partial charge in [0.2, 0.25) is 0 Å². The lowest BCUT2D eigenvalue weighted by Gasteiger charge is -2.20. The minimum Gasteiger partial charge on any atom is -0.497 e. The molecule has 1 aromatic heterocycles. The molecule has 3 N–H and O–H groups in total. The summed E-state index contributed by atoms with van der Waals surface area (Å²) in [4.78, 5) is 19.4. The van der Waals surface area contributed by atoms with Crippen LogP contribution in [0.1, 0.15) is 30.4 Å². The number of hydrogen-bond donors (Lipinski definition) is 3. The number of rotatable bonds is 6. The van der Waals surface area contributed by atoms with Gasteiger partial charge in [0, 0.05) is 43.5 Å². The van der Waals surface area contributed by atoms with Crippen LogP contribution in [0, 0.1) is 0 Å². The predicted molar refractivity (Wildman–Crippen MR) is 110 cm³/mol. The van der Waals surface area contributed by atoms with Crippen molar-refractivity contribution in [2.75, 3.05) is 37.0 Å². The Morgan fingerprint density at radius 2 is 2.11 bits per heavy atom. The highest BCUT2D eigenvalue weighted by atomic mass is 16.5. The summed E-state index contributed by atoms with van der Waals surface area (Å²) in [6.45, 7) is 4.63. The minimum atomic E-state index is -0.248. The normalized spacial score (nSPS) is 20.0. The minimum absolute atomic E-state index is 0.0642. The van der Waals surface area contributed by atoms with Crippen molar-refractivity contribution in [3.8, 4) is 5.75 Å². The molecular weight excluding hydrogens is 354 g/mol. The van der Waals surface area contributed by atoms with E-state index in [2.05, 4.69) is 34.1 Å². The van der Waals surface area contributed by atoms with Crippen molar-refractivity contribution in [2.24, 2.45) is 0 Å². The number of carbonyl (C=O) groups excluding carboxylic acids is 1. The van der Waals surface area contributed by atoms with Crippen LogP contribution in [0.15, 0.2) is 36.5 Å². The molecule has 1 atom stereocenters. The number of nitrogens with zero attached hydrogens (tertiary/aromatic N) is 2. The Hall–Kier alpha value is -2.64.